The van der Waals surface area contributed by atoms with Crippen molar-refractivity contribution in [2.24, 2.45) is 0 Å². The van der Waals surface area contributed by atoms with Crippen LogP contribution in [0.2, 0.25) is 0 Å². The van der Waals surface area contributed by atoms with Gasteiger partial charge in [-0.2, -0.15) is 0 Å². The van der Waals surface area contributed by atoms with E-state index in [0.29, 0.717) is 0 Å². The highest BCUT2D eigenvalue weighted by molar-refractivity contribution is 5.42. The highest BCUT2D eigenvalue weighted by atomic mass is 16.5. The first-order chi connectivity index (χ1) is 7.83. The summed E-state index contributed by atoms with van der Waals surface area (Å²) in [5, 5.41) is 3.34. The molecule has 4 nitrogen and oxygen atoms in total. The van der Waals surface area contributed by atoms with Crippen LogP contribution < -0.4 is 14.8 Å². The first-order valence-electron chi connectivity index (χ1n) is 5.60. The monoisotopic (exact) mass is 224 g/mol. The number of ether oxygens (including phenoxy) is 2. The molecule has 90 valence electrons. The van der Waals surface area contributed by atoms with Crippen molar-refractivity contribution in [3.8, 4) is 11.5 Å². The van der Waals surface area contributed by atoms with E-state index >= 15 is 0 Å². The van der Waals surface area contributed by atoms with E-state index in [-0.39, 0.29) is 0 Å². The van der Waals surface area contributed by atoms with Crippen LogP contribution in [0, 0.1) is 0 Å². The maximum Gasteiger partial charge on any atom is 0.182 e. The van der Waals surface area contributed by atoms with E-state index in [0.717, 1.165) is 43.1 Å². The molecule has 0 saturated carbocycles. The number of hydrogen-bond donors (Lipinski definition) is 1. The average Bonchev–Trinajstić information content (AvgIpc) is 2.34. The maximum atomic E-state index is 5.31. The molecule has 0 unspecified atom stereocenters. The van der Waals surface area contributed by atoms with Gasteiger partial charge in [0.15, 0.2) is 11.5 Å². The summed E-state index contributed by atoms with van der Waals surface area (Å²) < 4.78 is 10.5. The predicted octanol–water partition coefficient (Wildman–Crippen LogP) is 1.64. The highest BCUT2D eigenvalue weighted by Crippen LogP contribution is 2.28. The number of hydrogen-bond acceptors (Lipinski definition) is 4. The lowest BCUT2D eigenvalue weighted by atomic mass is 10.2. The van der Waals surface area contributed by atoms with Crippen LogP contribution in [0.25, 0.3) is 0 Å². The minimum absolute atomic E-state index is 0.739. The van der Waals surface area contributed by atoms with Gasteiger partial charge in [-0.05, 0) is 13.0 Å². The number of pyridine rings is 1. The van der Waals surface area contributed by atoms with E-state index in [1.54, 1.807) is 20.4 Å². The van der Waals surface area contributed by atoms with Gasteiger partial charge in [-0.3, -0.25) is 4.98 Å². The summed E-state index contributed by atoms with van der Waals surface area (Å²) in [7, 11) is 3.28. The fourth-order valence-corrected chi connectivity index (χ4v) is 1.54. The minimum Gasteiger partial charge on any atom is -0.493 e. The number of methoxy groups -OCH3 is 2. The molecule has 1 aromatic rings. The van der Waals surface area contributed by atoms with Crippen molar-refractivity contribution in [3.05, 3.63) is 18.0 Å². The molecule has 0 atom stereocenters. The van der Waals surface area contributed by atoms with Crippen LogP contribution in [0.15, 0.2) is 12.3 Å². The van der Waals surface area contributed by atoms with Crippen molar-refractivity contribution in [1.82, 2.24) is 10.3 Å². The Hall–Kier alpha value is -1.29. The Labute approximate surface area is 97.0 Å². The summed E-state index contributed by atoms with van der Waals surface area (Å²) in [6.07, 6.45) is 3.74. The van der Waals surface area contributed by atoms with Gasteiger partial charge >= 0.3 is 0 Å². The molecule has 16 heavy (non-hydrogen) atoms. The molecule has 0 saturated heterocycles. The summed E-state index contributed by atoms with van der Waals surface area (Å²) in [5.41, 5.74) is 0.936. The highest BCUT2D eigenvalue weighted by Gasteiger charge is 2.09. The fraction of sp³-hybridized carbons (Fsp3) is 0.583. The molecule has 0 aromatic carbocycles. The lowest BCUT2D eigenvalue weighted by Crippen LogP contribution is -2.18. The smallest absolute Gasteiger partial charge is 0.182 e. The zero-order chi connectivity index (χ0) is 11.8. The Balaban J connectivity index is 2.63. The molecule has 0 bridgehead atoms. The van der Waals surface area contributed by atoms with Crippen molar-refractivity contribution >= 4 is 0 Å². The van der Waals surface area contributed by atoms with Gasteiger partial charge in [0.25, 0.3) is 0 Å². The van der Waals surface area contributed by atoms with Crippen LogP contribution in [0.1, 0.15) is 19.0 Å². The normalized spacial score (nSPS) is 10.2. The molecule has 0 amide bonds. The zero-order valence-corrected chi connectivity index (χ0v) is 10.2. The predicted molar refractivity (Wildman–Crippen MR) is 64.2 cm³/mol. The Morgan fingerprint density at radius 3 is 2.69 bits per heavy atom. The average molecular weight is 224 g/mol. The molecule has 1 aromatic heterocycles. The second-order valence-electron chi connectivity index (χ2n) is 3.49. The van der Waals surface area contributed by atoms with Gasteiger partial charge in [0.05, 0.1) is 19.9 Å². The van der Waals surface area contributed by atoms with Crippen molar-refractivity contribution in [3.63, 3.8) is 0 Å². The molecule has 0 radical (unpaired) electrons. The van der Waals surface area contributed by atoms with Crippen LogP contribution in [-0.2, 0) is 6.42 Å². The molecule has 0 spiro atoms. The first-order valence-corrected chi connectivity index (χ1v) is 5.60. The van der Waals surface area contributed by atoms with Crippen molar-refractivity contribution in [2.75, 3.05) is 27.3 Å². The van der Waals surface area contributed by atoms with E-state index in [1.165, 1.54) is 0 Å². The molecule has 0 aliphatic heterocycles. The van der Waals surface area contributed by atoms with Gasteiger partial charge in [-0.1, -0.05) is 6.92 Å². The van der Waals surface area contributed by atoms with Gasteiger partial charge < -0.3 is 14.8 Å². The Morgan fingerprint density at radius 2 is 2.06 bits per heavy atom. The molecule has 4 heteroatoms. The van der Waals surface area contributed by atoms with Crippen molar-refractivity contribution in [1.29, 1.82) is 0 Å². The number of nitrogens with zero attached hydrogens (tertiary/aromatic N) is 1. The molecular formula is C12H20N2O2. The summed E-state index contributed by atoms with van der Waals surface area (Å²) in [6, 6.07) is 1.81. The second kappa shape index (κ2) is 7.06. The summed E-state index contributed by atoms with van der Waals surface area (Å²) >= 11 is 0. The summed E-state index contributed by atoms with van der Waals surface area (Å²) in [5.74, 6) is 1.48. The number of aromatic nitrogens is 1. The quantitative estimate of drug-likeness (QED) is 0.715. The van der Waals surface area contributed by atoms with Gasteiger partial charge in [-0.25, -0.2) is 0 Å². The summed E-state index contributed by atoms with van der Waals surface area (Å²) in [6.45, 7) is 4.09. The molecule has 1 rings (SSSR count). The topological polar surface area (TPSA) is 43.4 Å². The van der Waals surface area contributed by atoms with Crippen LogP contribution >= 0.6 is 0 Å². The van der Waals surface area contributed by atoms with E-state index in [2.05, 4.69) is 17.2 Å². The van der Waals surface area contributed by atoms with Gasteiger partial charge in [-0.15, -0.1) is 0 Å². The second-order valence-corrected chi connectivity index (χ2v) is 3.49. The molecule has 1 heterocycles. The fourth-order valence-electron chi connectivity index (χ4n) is 1.54. The van der Waals surface area contributed by atoms with Crippen LogP contribution in [0.5, 0.6) is 11.5 Å². The van der Waals surface area contributed by atoms with E-state index < -0.39 is 0 Å². The molecule has 0 aliphatic carbocycles. The van der Waals surface area contributed by atoms with Gasteiger partial charge in [0, 0.05) is 25.2 Å². The maximum absolute atomic E-state index is 5.31. The third-order valence-corrected chi connectivity index (χ3v) is 2.33. The molecule has 0 fully saturated rings. The Morgan fingerprint density at radius 1 is 1.25 bits per heavy atom. The lowest BCUT2D eigenvalue weighted by molar-refractivity contribution is 0.349. The first kappa shape index (κ1) is 12.8. The zero-order valence-electron chi connectivity index (χ0n) is 10.2. The van der Waals surface area contributed by atoms with E-state index in [9.17, 15) is 0 Å². The third-order valence-electron chi connectivity index (χ3n) is 2.33. The van der Waals surface area contributed by atoms with Crippen molar-refractivity contribution in [2.45, 2.75) is 19.8 Å². The standard InChI is InChI=1S/C12H20N2O2/c1-4-7-13-8-5-10-12(16-3)11(15-2)6-9-14-10/h6,9,13H,4-5,7-8H2,1-3H3. The lowest BCUT2D eigenvalue weighted by Gasteiger charge is -2.11. The van der Waals surface area contributed by atoms with Crippen LogP contribution in [0.3, 0.4) is 0 Å². The van der Waals surface area contributed by atoms with Gasteiger partial charge in [0.2, 0.25) is 0 Å². The Kier molecular flexibility index (Phi) is 5.64. The molecule has 0 aliphatic rings. The van der Waals surface area contributed by atoms with Crippen LogP contribution in [-0.4, -0.2) is 32.3 Å². The van der Waals surface area contributed by atoms with Gasteiger partial charge in [0.1, 0.15) is 0 Å². The molecular weight excluding hydrogens is 204 g/mol. The number of rotatable bonds is 7. The SMILES string of the molecule is CCCNCCc1nccc(OC)c1OC. The van der Waals surface area contributed by atoms with Crippen molar-refractivity contribution < 1.29 is 9.47 Å². The molecule has 1 N–H and O–H groups in total. The largest absolute Gasteiger partial charge is 0.493 e. The summed E-state index contributed by atoms with van der Waals surface area (Å²) in [4.78, 5) is 4.31. The van der Waals surface area contributed by atoms with E-state index in [4.69, 9.17) is 9.47 Å². The number of nitrogens with one attached hydrogen (secondary N) is 1. The Bertz CT molecular complexity index is 316. The van der Waals surface area contributed by atoms with E-state index in [1.807, 2.05) is 6.07 Å². The minimum atomic E-state index is 0.739. The van der Waals surface area contributed by atoms with Crippen LogP contribution in [0.4, 0.5) is 0 Å². The third kappa shape index (κ3) is 3.38.